The first-order chi connectivity index (χ1) is 7.50. The Labute approximate surface area is 99.3 Å². The Bertz CT molecular complexity index is 362. The number of nitrogens with zero attached hydrogens (tertiary/aromatic N) is 1. The van der Waals surface area contributed by atoms with Crippen LogP contribution in [0.25, 0.3) is 0 Å². The van der Waals surface area contributed by atoms with Crippen molar-refractivity contribution in [3.63, 3.8) is 0 Å². The number of carbonyl (C=O) groups is 2. The molecule has 0 saturated heterocycles. The number of hydrogen-bond acceptors (Lipinski definition) is 3. The molecule has 0 bridgehead atoms. The van der Waals surface area contributed by atoms with E-state index in [-0.39, 0.29) is 11.8 Å². The molecule has 1 heterocycles. The van der Waals surface area contributed by atoms with Gasteiger partial charge in [0, 0.05) is 20.5 Å². The average Bonchev–Trinajstić information content (AvgIpc) is 2.68. The maximum absolute atomic E-state index is 11.8. The molecule has 1 aromatic heterocycles. The first-order valence-corrected chi connectivity index (χ1v) is 5.98. The van der Waals surface area contributed by atoms with Gasteiger partial charge >= 0.3 is 0 Å². The van der Waals surface area contributed by atoms with Crippen LogP contribution in [-0.2, 0) is 16.1 Å². The second-order valence-electron chi connectivity index (χ2n) is 3.75. The lowest BCUT2D eigenvalue weighted by molar-refractivity contribution is -0.134. The summed E-state index contributed by atoms with van der Waals surface area (Å²) < 4.78 is 0. The minimum Gasteiger partial charge on any atom is -0.345 e. The third-order valence-corrected chi connectivity index (χ3v) is 2.90. The summed E-state index contributed by atoms with van der Waals surface area (Å²) in [6, 6.07) is 1.51. The van der Waals surface area contributed by atoms with Crippen LogP contribution in [0, 0.1) is 0 Å². The van der Waals surface area contributed by atoms with Crippen molar-refractivity contribution in [3.8, 4) is 0 Å². The Hall–Kier alpha value is -1.36. The van der Waals surface area contributed by atoms with Crippen molar-refractivity contribution in [2.75, 3.05) is 7.05 Å². The molecule has 16 heavy (non-hydrogen) atoms. The summed E-state index contributed by atoms with van der Waals surface area (Å²) in [4.78, 5) is 24.3. The summed E-state index contributed by atoms with van der Waals surface area (Å²) in [5.74, 6) is -0.272. The predicted molar refractivity (Wildman–Crippen MR) is 64.1 cm³/mol. The van der Waals surface area contributed by atoms with Crippen LogP contribution in [0.3, 0.4) is 0 Å². The van der Waals surface area contributed by atoms with Crippen molar-refractivity contribution in [1.82, 2.24) is 10.2 Å². The zero-order valence-electron chi connectivity index (χ0n) is 9.69. The largest absolute Gasteiger partial charge is 0.345 e. The number of hydrogen-bond donors (Lipinski definition) is 1. The van der Waals surface area contributed by atoms with Crippen molar-refractivity contribution in [2.45, 2.75) is 26.4 Å². The summed E-state index contributed by atoms with van der Waals surface area (Å²) in [7, 11) is 1.73. The zero-order chi connectivity index (χ0) is 12.1. The third kappa shape index (κ3) is 3.66. The lowest BCUT2D eigenvalue weighted by Gasteiger charge is -2.21. The van der Waals surface area contributed by atoms with Crippen molar-refractivity contribution >= 4 is 23.2 Å². The quantitative estimate of drug-likeness (QED) is 0.860. The monoisotopic (exact) mass is 240 g/mol. The standard InChI is InChI=1S/C11H16N2O2S/c1-8(12-9(2)14)11(15)13(3)6-10-4-5-16-7-10/h4-5,7-8H,6H2,1-3H3,(H,12,14)/t8-/m0/s1. The molecule has 0 spiro atoms. The van der Waals surface area contributed by atoms with Crippen LogP contribution in [0.1, 0.15) is 19.4 Å². The number of thiophene rings is 1. The fourth-order valence-corrected chi connectivity index (χ4v) is 2.09. The molecule has 1 N–H and O–H groups in total. The SMILES string of the molecule is CC(=O)N[C@@H](C)C(=O)N(C)Cc1ccsc1. The van der Waals surface area contributed by atoms with Crippen LogP contribution in [-0.4, -0.2) is 29.8 Å². The van der Waals surface area contributed by atoms with Gasteiger partial charge in [0.25, 0.3) is 0 Å². The lowest BCUT2D eigenvalue weighted by atomic mass is 10.2. The highest BCUT2D eigenvalue weighted by molar-refractivity contribution is 7.07. The summed E-state index contributed by atoms with van der Waals surface area (Å²) in [6.07, 6.45) is 0. The average molecular weight is 240 g/mol. The van der Waals surface area contributed by atoms with Crippen LogP contribution in [0.5, 0.6) is 0 Å². The van der Waals surface area contributed by atoms with Gasteiger partial charge in [0.2, 0.25) is 11.8 Å². The predicted octanol–water partition coefficient (Wildman–Crippen LogP) is 1.23. The first kappa shape index (κ1) is 12.7. The Kier molecular flexibility index (Phi) is 4.49. The maximum atomic E-state index is 11.8. The van der Waals surface area contributed by atoms with Gasteiger partial charge in [-0.2, -0.15) is 11.3 Å². The van der Waals surface area contributed by atoms with E-state index in [4.69, 9.17) is 0 Å². The van der Waals surface area contributed by atoms with Gasteiger partial charge in [0.15, 0.2) is 0 Å². The summed E-state index contributed by atoms with van der Waals surface area (Å²) in [5.41, 5.74) is 1.11. The summed E-state index contributed by atoms with van der Waals surface area (Å²) >= 11 is 1.60. The fourth-order valence-electron chi connectivity index (χ4n) is 1.43. The van der Waals surface area contributed by atoms with E-state index in [0.29, 0.717) is 6.54 Å². The van der Waals surface area contributed by atoms with Gasteiger partial charge in [-0.05, 0) is 29.3 Å². The molecule has 0 fully saturated rings. The van der Waals surface area contributed by atoms with E-state index < -0.39 is 6.04 Å². The van der Waals surface area contributed by atoms with E-state index in [1.165, 1.54) is 6.92 Å². The van der Waals surface area contributed by atoms with Crippen molar-refractivity contribution in [1.29, 1.82) is 0 Å². The smallest absolute Gasteiger partial charge is 0.244 e. The Morgan fingerprint density at radius 2 is 2.25 bits per heavy atom. The highest BCUT2D eigenvalue weighted by Gasteiger charge is 2.18. The first-order valence-electron chi connectivity index (χ1n) is 5.04. The summed E-state index contributed by atoms with van der Waals surface area (Å²) in [5, 5.41) is 6.56. The van der Waals surface area contributed by atoms with E-state index >= 15 is 0 Å². The number of rotatable bonds is 4. The van der Waals surface area contributed by atoms with E-state index in [0.717, 1.165) is 5.56 Å². The maximum Gasteiger partial charge on any atom is 0.244 e. The molecule has 2 amide bonds. The minimum absolute atomic E-state index is 0.0820. The molecule has 0 aromatic carbocycles. The normalized spacial score (nSPS) is 11.9. The Balaban J connectivity index is 2.50. The van der Waals surface area contributed by atoms with Crippen molar-refractivity contribution < 1.29 is 9.59 Å². The van der Waals surface area contributed by atoms with E-state index in [1.54, 1.807) is 30.2 Å². The molecule has 0 aliphatic rings. The number of likely N-dealkylation sites (N-methyl/N-ethyl adjacent to an activating group) is 1. The molecular formula is C11H16N2O2S. The van der Waals surface area contributed by atoms with Crippen LogP contribution in [0.4, 0.5) is 0 Å². The Morgan fingerprint density at radius 3 is 2.75 bits per heavy atom. The topological polar surface area (TPSA) is 49.4 Å². The molecule has 0 radical (unpaired) electrons. The van der Waals surface area contributed by atoms with Crippen molar-refractivity contribution in [2.24, 2.45) is 0 Å². The third-order valence-electron chi connectivity index (χ3n) is 2.17. The van der Waals surface area contributed by atoms with Crippen molar-refractivity contribution in [3.05, 3.63) is 22.4 Å². The highest BCUT2D eigenvalue weighted by Crippen LogP contribution is 2.09. The number of amides is 2. The molecule has 5 heteroatoms. The molecule has 4 nitrogen and oxygen atoms in total. The highest BCUT2D eigenvalue weighted by atomic mass is 32.1. The van der Waals surface area contributed by atoms with E-state index in [1.807, 2.05) is 16.8 Å². The molecule has 1 aromatic rings. The molecular weight excluding hydrogens is 224 g/mol. The second kappa shape index (κ2) is 5.65. The molecule has 1 atom stereocenters. The lowest BCUT2D eigenvalue weighted by Crippen LogP contribution is -2.44. The van der Waals surface area contributed by atoms with Crippen LogP contribution < -0.4 is 5.32 Å². The molecule has 0 aliphatic heterocycles. The van der Waals surface area contributed by atoms with E-state index in [9.17, 15) is 9.59 Å². The van der Waals surface area contributed by atoms with Gasteiger partial charge in [-0.25, -0.2) is 0 Å². The van der Waals surface area contributed by atoms with Gasteiger partial charge in [-0.15, -0.1) is 0 Å². The number of nitrogens with one attached hydrogen (secondary N) is 1. The minimum atomic E-state index is -0.471. The molecule has 88 valence electrons. The van der Waals surface area contributed by atoms with Gasteiger partial charge in [0.05, 0.1) is 0 Å². The number of carbonyl (C=O) groups excluding carboxylic acids is 2. The fraction of sp³-hybridized carbons (Fsp3) is 0.455. The molecule has 1 rings (SSSR count). The zero-order valence-corrected chi connectivity index (χ0v) is 10.5. The second-order valence-corrected chi connectivity index (χ2v) is 4.53. The van der Waals surface area contributed by atoms with Gasteiger partial charge in [-0.3, -0.25) is 9.59 Å². The van der Waals surface area contributed by atoms with E-state index in [2.05, 4.69) is 5.32 Å². The van der Waals surface area contributed by atoms with Crippen LogP contribution >= 0.6 is 11.3 Å². The van der Waals surface area contributed by atoms with Crippen LogP contribution in [0.2, 0.25) is 0 Å². The van der Waals surface area contributed by atoms with Gasteiger partial charge < -0.3 is 10.2 Å². The van der Waals surface area contributed by atoms with Gasteiger partial charge in [0.1, 0.15) is 6.04 Å². The molecule has 0 saturated carbocycles. The molecule has 0 unspecified atom stereocenters. The molecule has 0 aliphatic carbocycles. The Morgan fingerprint density at radius 1 is 1.56 bits per heavy atom. The van der Waals surface area contributed by atoms with Crippen LogP contribution in [0.15, 0.2) is 16.8 Å². The van der Waals surface area contributed by atoms with Gasteiger partial charge in [-0.1, -0.05) is 0 Å². The summed E-state index contributed by atoms with van der Waals surface area (Å²) in [6.45, 7) is 3.67.